The van der Waals surface area contributed by atoms with Crippen LogP contribution in [0.4, 0.5) is 0 Å². The second-order valence-corrected chi connectivity index (χ2v) is 3.05. The summed E-state index contributed by atoms with van der Waals surface area (Å²) >= 11 is 0. The van der Waals surface area contributed by atoms with Crippen LogP contribution in [0.15, 0.2) is 18.3 Å². The molecule has 2 atom stereocenters. The zero-order chi connectivity index (χ0) is 9.84. The minimum absolute atomic E-state index is 0.253. The molecule has 0 aliphatic heterocycles. The monoisotopic (exact) mass is 182 g/mol. The summed E-state index contributed by atoms with van der Waals surface area (Å²) in [7, 11) is 0. The highest BCUT2D eigenvalue weighted by Gasteiger charge is 2.16. The standard InChI is InChI=1S/C9H14N2O2/c1-6-2-3-8(11-4-6)9(13)7(10)5-12/h2-4,7,9,12-13H,5,10H2,1H3. The first-order chi connectivity index (χ1) is 6.15. The average molecular weight is 182 g/mol. The molecule has 0 amide bonds. The molecule has 4 heteroatoms. The number of aliphatic hydroxyl groups is 2. The Labute approximate surface area is 77.0 Å². The average Bonchev–Trinajstić information content (AvgIpc) is 2.17. The van der Waals surface area contributed by atoms with E-state index in [1.54, 1.807) is 12.3 Å². The Balaban J connectivity index is 2.77. The summed E-state index contributed by atoms with van der Waals surface area (Å²) in [6.07, 6.45) is 0.758. The molecule has 1 heterocycles. The third kappa shape index (κ3) is 2.48. The van der Waals surface area contributed by atoms with Crippen molar-refractivity contribution >= 4 is 0 Å². The highest BCUT2D eigenvalue weighted by atomic mass is 16.3. The van der Waals surface area contributed by atoms with E-state index in [4.69, 9.17) is 10.8 Å². The summed E-state index contributed by atoms with van der Waals surface area (Å²) < 4.78 is 0. The minimum atomic E-state index is -0.898. The number of hydrogen-bond donors (Lipinski definition) is 3. The second-order valence-electron chi connectivity index (χ2n) is 3.05. The van der Waals surface area contributed by atoms with Gasteiger partial charge in [0.05, 0.1) is 18.3 Å². The number of nitrogens with zero attached hydrogens (tertiary/aromatic N) is 1. The first-order valence-corrected chi connectivity index (χ1v) is 4.12. The van der Waals surface area contributed by atoms with Gasteiger partial charge in [-0.2, -0.15) is 0 Å². The first kappa shape index (κ1) is 10.1. The summed E-state index contributed by atoms with van der Waals surface area (Å²) in [5, 5.41) is 18.2. The summed E-state index contributed by atoms with van der Waals surface area (Å²) in [6, 6.07) is 2.88. The highest BCUT2D eigenvalue weighted by Crippen LogP contribution is 2.12. The van der Waals surface area contributed by atoms with Crippen LogP contribution >= 0.6 is 0 Å². The molecule has 1 aromatic rings. The van der Waals surface area contributed by atoms with Crippen LogP contribution in [-0.4, -0.2) is 27.8 Å². The van der Waals surface area contributed by atoms with Crippen LogP contribution in [-0.2, 0) is 0 Å². The molecule has 0 saturated carbocycles. The van der Waals surface area contributed by atoms with Gasteiger partial charge in [0.2, 0.25) is 0 Å². The maximum atomic E-state index is 9.53. The molecule has 4 N–H and O–H groups in total. The zero-order valence-electron chi connectivity index (χ0n) is 7.51. The topological polar surface area (TPSA) is 79.4 Å². The van der Waals surface area contributed by atoms with Crippen LogP contribution in [0.1, 0.15) is 17.4 Å². The number of rotatable bonds is 3. The van der Waals surface area contributed by atoms with Gasteiger partial charge in [0.1, 0.15) is 6.10 Å². The lowest BCUT2D eigenvalue weighted by atomic mass is 10.1. The lowest BCUT2D eigenvalue weighted by Crippen LogP contribution is -2.32. The van der Waals surface area contributed by atoms with Gasteiger partial charge in [0.25, 0.3) is 0 Å². The fraction of sp³-hybridized carbons (Fsp3) is 0.444. The van der Waals surface area contributed by atoms with Gasteiger partial charge in [-0.1, -0.05) is 6.07 Å². The number of aryl methyl sites for hydroxylation is 1. The van der Waals surface area contributed by atoms with Crippen LogP contribution in [0.2, 0.25) is 0 Å². The molecular weight excluding hydrogens is 168 g/mol. The molecule has 0 spiro atoms. The summed E-state index contributed by atoms with van der Waals surface area (Å²) in [6.45, 7) is 1.66. The molecule has 0 aliphatic carbocycles. The normalized spacial score (nSPS) is 15.4. The van der Waals surface area contributed by atoms with Crippen LogP contribution in [0.25, 0.3) is 0 Å². The number of pyridine rings is 1. The quantitative estimate of drug-likeness (QED) is 0.602. The van der Waals surface area contributed by atoms with Gasteiger partial charge in [-0.05, 0) is 18.6 Å². The Morgan fingerprint density at radius 3 is 2.69 bits per heavy atom. The van der Waals surface area contributed by atoms with Crippen molar-refractivity contribution in [3.63, 3.8) is 0 Å². The van der Waals surface area contributed by atoms with E-state index in [1.807, 2.05) is 13.0 Å². The van der Waals surface area contributed by atoms with Crippen LogP contribution < -0.4 is 5.73 Å². The summed E-state index contributed by atoms with van der Waals surface area (Å²) in [5.74, 6) is 0. The van der Waals surface area contributed by atoms with E-state index in [9.17, 15) is 5.11 Å². The number of hydrogen-bond acceptors (Lipinski definition) is 4. The van der Waals surface area contributed by atoms with Crippen LogP contribution in [0, 0.1) is 6.92 Å². The highest BCUT2D eigenvalue weighted by molar-refractivity contribution is 5.14. The molecule has 0 aliphatic rings. The smallest absolute Gasteiger partial charge is 0.113 e. The first-order valence-electron chi connectivity index (χ1n) is 4.12. The van der Waals surface area contributed by atoms with Crippen molar-refractivity contribution in [2.45, 2.75) is 19.1 Å². The van der Waals surface area contributed by atoms with Crippen molar-refractivity contribution in [3.05, 3.63) is 29.6 Å². The Morgan fingerprint density at radius 2 is 2.23 bits per heavy atom. The van der Waals surface area contributed by atoms with Crippen LogP contribution in [0.5, 0.6) is 0 Å². The van der Waals surface area contributed by atoms with E-state index < -0.39 is 12.1 Å². The molecule has 0 saturated heterocycles. The lowest BCUT2D eigenvalue weighted by molar-refractivity contribution is 0.106. The van der Waals surface area contributed by atoms with Gasteiger partial charge < -0.3 is 15.9 Å². The number of aliphatic hydroxyl groups excluding tert-OH is 2. The molecule has 0 radical (unpaired) electrons. The van der Waals surface area contributed by atoms with E-state index in [-0.39, 0.29) is 6.61 Å². The molecule has 1 rings (SSSR count). The molecule has 0 fully saturated rings. The maximum Gasteiger partial charge on any atom is 0.113 e. The van der Waals surface area contributed by atoms with Gasteiger partial charge >= 0.3 is 0 Å². The Bertz CT molecular complexity index is 261. The number of nitrogens with two attached hydrogens (primary N) is 1. The Hall–Kier alpha value is -0.970. The van der Waals surface area contributed by atoms with Crippen molar-refractivity contribution in [1.82, 2.24) is 4.98 Å². The second kappa shape index (κ2) is 4.32. The predicted molar refractivity (Wildman–Crippen MR) is 49.0 cm³/mol. The Morgan fingerprint density at radius 1 is 1.54 bits per heavy atom. The fourth-order valence-corrected chi connectivity index (χ4v) is 0.973. The van der Waals surface area contributed by atoms with E-state index in [2.05, 4.69) is 4.98 Å². The molecular formula is C9H14N2O2. The lowest BCUT2D eigenvalue weighted by Gasteiger charge is -2.15. The van der Waals surface area contributed by atoms with E-state index in [0.29, 0.717) is 5.69 Å². The predicted octanol–water partition coefficient (Wildman–Crippen LogP) is -0.257. The largest absolute Gasteiger partial charge is 0.395 e. The third-order valence-electron chi connectivity index (χ3n) is 1.85. The van der Waals surface area contributed by atoms with Crippen molar-refractivity contribution in [1.29, 1.82) is 0 Å². The van der Waals surface area contributed by atoms with Gasteiger partial charge in [-0.3, -0.25) is 4.98 Å². The van der Waals surface area contributed by atoms with Crippen LogP contribution in [0.3, 0.4) is 0 Å². The fourth-order valence-electron chi connectivity index (χ4n) is 0.973. The van der Waals surface area contributed by atoms with Gasteiger partial charge in [-0.15, -0.1) is 0 Å². The van der Waals surface area contributed by atoms with Gasteiger partial charge in [-0.25, -0.2) is 0 Å². The van der Waals surface area contributed by atoms with Gasteiger partial charge in [0.15, 0.2) is 0 Å². The molecule has 0 bridgehead atoms. The molecule has 13 heavy (non-hydrogen) atoms. The molecule has 2 unspecified atom stereocenters. The van der Waals surface area contributed by atoms with E-state index in [0.717, 1.165) is 5.56 Å². The maximum absolute atomic E-state index is 9.53. The molecule has 1 aromatic heterocycles. The SMILES string of the molecule is Cc1ccc(C(O)C(N)CO)nc1. The summed E-state index contributed by atoms with van der Waals surface area (Å²) in [5.41, 5.74) is 6.96. The van der Waals surface area contributed by atoms with Crippen molar-refractivity contribution in [2.75, 3.05) is 6.61 Å². The van der Waals surface area contributed by atoms with Gasteiger partial charge in [0, 0.05) is 6.20 Å². The zero-order valence-corrected chi connectivity index (χ0v) is 7.51. The third-order valence-corrected chi connectivity index (χ3v) is 1.85. The van der Waals surface area contributed by atoms with Crippen molar-refractivity contribution in [3.8, 4) is 0 Å². The van der Waals surface area contributed by atoms with E-state index in [1.165, 1.54) is 0 Å². The minimum Gasteiger partial charge on any atom is -0.395 e. The molecule has 72 valence electrons. The molecule has 0 aromatic carbocycles. The number of aromatic nitrogens is 1. The Kier molecular flexibility index (Phi) is 3.36. The van der Waals surface area contributed by atoms with E-state index >= 15 is 0 Å². The van der Waals surface area contributed by atoms with Crippen molar-refractivity contribution < 1.29 is 10.2 Å². The van der Waals surface area contributed by atoms with Crippen molar-refractivity contribution in [2.24, 2.45) is 5.73 Å². The molecule has 4 nitrogen and oxygen atoms in total. The summed E-state index contributed by atoms with van der Waals surface area (Å²) in [4.78, 5) is 4.01.